The van der Waals surface area contributed by atoms with Gasteiger partial charge in [-0.1, -0.05) is 10.3 Å². The molecule has 0 aliphatic heterocycles. The molecule has 0 radical (unpaired) electrons. The van der Waals surface area contributed by atoms with Crippen LogP contribution in [0.5, 0.6) is 11.6 Å². The highest BCUT2D eigenvalue weighted by molar-refractivity contribution is 5.87. The summed E-state index contributed by atoms with van der Waals surface area (Å²) in [6.07, 6.45) is 0. The Hall–Kier alpha value is -2.57. The fourth-order valence-electron chi connectivity index (χ4n) is 1.35. The summed E-state index contributed by atoms with van der Waals surface area (Å²) in [5.74, 6) is -0.725. The van der Waals surface area contributed by atoms with Gasteiger partial charge in [0.05, 0.1) is 0 Å². The smallest absolute Gasteiger partial charge is 0.359 e. The first kappa shape index (κ1) is 11.9. The van der Waals surface area contributed by atoms with Crippen LogP contribution in [-0.2, 0) is 0 Å². The van der Waals surface area contributed by atoms with Crippen molar-refractivity contribution in [3.8, 4) is 11.6 Å². The van der Waals surface area contributed by atoms with E-state index >= 15 is 0 Å². The summed E-state index contributed by atoms with van der Waals surface area (Å²) in [7, 11) is 3.85. The van der Waals surface area contributed by atoms with Crippen molar-refractivity contribution in [2.45, 2.75) is 0 Å². The van der Waals surface area contributed by atoms with Gasteiger partial charge in [0.15, 0.2) is 0 Å². The van der Waals surface area contributed by atoms with E-state index in [1.54, 1.807) is 12.1 Å². The highest BCUT2D eigenvalue weighted by atomic mass is 16.5. The molecule has 0 aliphatic rings. The average molecular weight is 248 g/mol. The van der Waals surface area contributed by atoms with Crippen LogP contribution in [0.15, 0.2) is 24.3 Å². The van der Waals surface area contributed by atoms with E-state index in [0.717, 1.165) is 5.69 Å². The maximum absolute atomic E-state index is 10.8. The van der Waals surface area contributed by atoms with E-state index in [1.165, 1.54) is 0 Å². The Morgan fingerprint density at radius 3 is 2.56 bits per heavy atom. The molecule has 0 bridgehead atoms. The molecule has 0 saturated carbocycles. The number of H-pyrrole nitrogens is 1. The lowest BCUT2D eigenvalue weighted by Crippen LogP contribution is -2.08. The first-order valence-corrected chi connectivity index (χ1v) is 5.17. The van der Waals surface area contributed by atoms with Crippen molar-refractivity contribution in [3.05, 3.63) is 30.0 Å². The Labute approximate surface area is 103 Å². The lowest BCUT2D eigenvalue weighted by atomic mass is 10.3. The molecule has 7 heteroatoms. The third-order valence-electron chi connectivity index (χ3n) is 2.30. The quantitative estimate of drug-likeness (QED) is 0.848. The molecule has 0 spiro atoms. The van der Waals surface area contributed by atoms with Gasteiger partial charge in [0.2, 0.25) is 5.69 Å². The molecule has 18 heavy (non-hydrogen) atoms. The minimum Gasteiger partial charge on any atom is -0.476 e. The number of carboxylic acid groups (broad SMARTS) is 1. The zero-order valence-electron chi connectivity index (χ0n) is 9.91. The van der Waals surface area contributed by atoms with Gasteiger partial charge < -0.3 is 14.7 Å². The molecule has 7 nitrogen and oxygen atoms in total. The fraction of sp³-hybridized carbons (Fsp3) is 0.182. The number of aromatic amines is 1. The maximum atomic E-state index is 10.8. The molecule has 0 atom stereocenters. The third-order valence-corrected chi connectivity index (χ3v) is 2.30. The third kappa shape index (κ3) is 2.40. The van der Waals surface area contributed by atoms with E-state index in [0.29, 0.717) is 5.75 Å². The van der Waals surface area contributed by atoms with E-state index in [2.05, 4.69) is 15.4 Å². The second kappa shape index (κ2) is 4.74. The summed E-state index contributed by atoms with van der Waals surface area (Å²) in [5.41, 5.74) is 0.840. The Kier molecular flexibility index (Phi) is 3.13. The topological polar surface area (TPSA) is 91.3 Å². The van der Waals surface area contributed by atoms with E-state index in [9.17, 15) is 4.79 Å². The van der Waals surface area contributed by atoms with Crippen LogP contribution in [0.25, 0.3) is 0 Å². The molecule has 1 aromatic heterocycles. The summed E-state index contributed by atoms with van der Waals surface area (Å²) in [6.45, 7) is 0. The van der Waals surface area contributed by atoms with Crippen LogP contribution < -0.4 is 9.64 Å². The molecule has 2 aromatic rings. The lowest BCUT2D eigenvalue weighted by molar-refractivity contribution is 0.0687. The molecule has 94 valence electrons. The van der Waals surface area contributed by atoms with Crippen LogP contribution in [-0.4, -0.2) is 40.6 Å². The number of carboxylic acids is 1. The predicted octanol–water partition coefficient (Wildman–Crippen LogP) is 1.36. The number of ether oxygens (including phenoxy) is 1. The van der Waals surface area contributed by atoms with Crippen molar-refractivity contribution < 1.29 is 14.6 Å². The van der Waals surface area contributed by atoms with Gasteiger partial charge in [-0.3, -0.25) is 0 Å². The molecule has 1 heterocycles. The zero-order valence-corrected chi connectivity index (χ0v) is 9.91. The molecule has 1 aromatic carbocycles. The number of aromatic carboxylic acids is 1. The van der Waals surface area contributed by atoms with Crippen molar-refractivity contribution >= 4 is 11.7 Å². The SMILES string of the molecule is CN(C)c1ccc(Oc2nn[nH]c2C(=O)O)cc1. The van der Waals surface area contributed by atoms with Crippen LogP contribution in [0.3, 0.4) is 0 Å². The summed E-state index contributed by atoms with van der Waals surface area (Å²) in [5, 5.41) is 18.1. The van der Waals surface area contributed by atoms with Crippen molar-refractivity contribution in [2.75, 3.05) is 19.0 Å². The van der Waals surface area contributed by atoms with Crippen LogP contribution in [0.1, 0.15) is 10.5 Å². The normalized spacial score (nSPS) is 10.1. The predicted molar refractivity (Wildman–Crippen MR) is 64.2 cm³/mol. The van der Waals surface area contributed by atoms with Gasteiger partial charge >= 0.3 is 5.97 Å². The van der Waals surface area contributed by atoms with E-state index < -0.39 is 5.97 Å². The molecular formula is C11H12N4O3. The summed E-state index contributed by atoms with van der Waals surface area (Å²) >= 11 is 0. The zero-order chi connectivity index (χ0) is 13.1. The monoisotopic (exact) mass is 248 g/mol. The van der Waals surface area contributed by atoms with Gasteiger partial charge in [-0.05, 0) is 24.3 Å². The van der Waals surface area contributed by atoms with Crippen LogP contribution in [0.4, 0.5) is 5.69 Å². The number of nitrogens with one attached hydrogen (secondary N) is 1. The van der Waals surface area contributed by atoms with Gasteiger partial charge in [-0.25, -0.2) is 9.89 Å². The second-order valence-electron chi connectivity index (χ2n) is 3.79. The van der Waals surface area contributed by atoms with Crippen molar-refractivity contribution in [3.63, 3.8) is 0 Å². The molecule has 2 N–H and O–H groups in total. The first-order chi connectivity index (χ1) is 8.58. The molecule has 0 fully saturated rings. The Morgan fingerprint density at radius 1 is 1.33 bits per heavy atom. The lowest BCUT2D eigenvalue weighted by Gasteiger charge is -2.12. The van der Waals surface area contributed by atoms with Crippen molar-refractivity contribution in [1.29, 1.82) is 0 Å². The first-order valence-electron chi connectivity index (χ1n) is 5.17. The molecule has 2 rings (SSSR count). The fourth-order valence-corrected chi connectivity index (χ4v) is 1.35. The van der Waals surface area contributed by atoms with E-state index in [1.807, 2.05) is 31.1 Å². The number of hydrogen-bond acceptors (Lipinski definition) is 5. The Balaban J connectivity index is 2.18. The number of nitrogens with zero attached hydrogens (tertiary/aromatic N) is 3. The number of hydrogen-bond donors (Lipinski definition) is 2. The average Bonchev–Trinajstić information content (AvgIpc) is 2.78. The highest BCUT2D eigenvalue weighted by Gasteiger charge is 2.16. The van der Waals surface area contributed by atoms with Gasteiger partial charge in [0.1, 0.15) is 5.75 Å². The Morgan fingerprint density at radius 2 is 2.00 bits per heavy atom. The van der Waals surface area contributed by atoms with Crippen molar-refractivity contribution in [1.82, 2.24) is 15.4 Å². The standard InChI is InChI=1S/C11H12N4O3/c1-15(2)7-3-5-8(6-4-7)18-10-9(11(16)17)12-14-13-10/h3-6H,1-2H3,(H,16,17)(H,12,13,14). The molecule has 0 unspecified atom stereocenters. The van der Waals surface area contributed by atoms with Crippen molar-refractivity contribution in [2.24, 2.45) is 0 Å². The summed E-state index contributed by atoms with van der Waals surface area (Å²) in [4.78, 5) is 12.8. The molecule has 0 saturated heterocycles. The van der Waals surface area contributed by atoms with Crippen LogP contribution >= 0.6 is 0 Å². The minimum absolute atomic E-state index is 0.0555. The molecule has 0 aliphatic carbocycles. The molecule has 0 amide bonds. The maximum Gasteiger partial charge on any atom is 0.359 e. The summed E-state index contributed by atoms with van der Waals surface area (Å²) < 4.78 is 5.34. The second-order valence-corrected chi connectivity index (χ2v) is 3.79. The number of rotatable bonds is 4. The number of aromatic nitrogens is 3. The summed E-state index contributed by atoms with van der Waals surface area (Å²) in [6, 6.07) is 7.18. The van der Waals surface area contributed by atoms with Gasteiger partial charge in [0.25, 0.3) is 5.88 Å². The van der Waals surface area contributed by atoms with E-state index in [-0.39, 0.29) is 11.6 Å². The van der Waals surface area contributed by atoms with Gasteiger partial charge in [0, 0.05) is 19.8 Å². The van der Waals surface area contributed by atoms with E-state index in [4.69, 9.17) is 9.84 Å². The highest BCUT2D eigenvalue weighted by Crippen LogP contribution is 2.23. The van der Waals surface area contributed by atoms with Gasteiger partial charge in [-0.2, -0.15) is 0 Å². The van der Waals surface area contributed by atoms with Gasteiger partial charge in [-0.15, -0.1) is 0 Å². The number of benzene rings is 1. The number of carbonyl (C=O) groups is 1. The Bertz CT molecular complexity index is 548. The van der Waals surface area contributed by atoms with Crippen LogP contribution in [0, 0.1) is 0 Å². The largest absolute Gasteiger partial charge is 0.476 e. The van der Waals surface area contributed by atoms with Crippen LogP contribution in [0.2, 0.25) is 0 Å². The molecular weight excluding hydrogens is 236 g/mol. The minimum atomic E-state index is -1.17. The number of anilines is 1.